The van der Waals surface area contributed by atoms with E-state index in [1.54, 1.807) is 0 Å². The van der Waals surface area contributed by atoms with Crippen molar-refractivity contribution >= 4 is 22.8 Å². The smallest absolute Gasteiger partial charge is 0.246 e. The topological polar surface area (TPSA) is 123 Å². The molecule has 0 saturated carbocycles. The molecule has 0 bridgehead atoms. The van der Waals surface area contributed by atoms with Crippen LogP contribution in [0.15, 0.2) is 6.33 Å². The number of hydrogen-bond acceptors (Lipinski definition) is 8. The molecule has 0 amide bonds. The van der Waals surface area contributed by atoms with Crippen LogP contribution in [0, 0.1) is 0 Å². The molecule has 0 aromatic carbocycles. The highest BCUT2D eigenvalue weighted by Gasteiger charge is 2.44. The highest BCUT2D eigenvalue weighted by molar-refractivity contribution is 6.28. The summed E-state index contributed by atoms with van der Waals surface area (Å²) in [5.74, 6) is 0.190. The summed E-state index contributed by atoms with van der Waals surface area (Å²) in [7, 11) is 1.42. The van der Waals surface area contributed by atoms with Crippen molar-refractivity contribution in [3.8, 4) is 5.88 Å². The molecule has 1 aliphatic heterocycles. The Balaban J connectivity index is 2.07. The van der Waals surface area contributed by atoms with Crippen LogP contribution in [0.2, 0.25) is 5.28 Å². The Morgan fingerprint density at radius 1 is 1.38 bits per heavy atom. The zero-order valence-corrected chi connectivity index (χ0v) is 11.7. The zero-order chi connectivity index (χ0) is 15.1. The first kappa shape index (κ1) is 14.4. The molecule has 0 radical (unpaired) electrons. The molecule has 10 heteroatoms. The van der Waals surface area contributed by atoms with Gasteiger partial charge in [-0.05, 0) is 11.6 Å². The van der Waals surface area contributed by atoms with Crippen molar-refractivity contribution in [3.63, 3.8) is 0 Å². The summed E-state index contributed by atoms with van der Waals surface area (Å²) in [5, 5.41) is 28.9. The Morgan fingerprint density at radius 3 is 2.76 bits per heavy atom. The first-order chi connectivity index (χ1) is 10.1. The fourth-order valence-corrected chi connectivity index (χ4v) is 2.46. The maximum Gasteiger partial charge on any atom is 0.246 e. The number of rotatable bonds is 3. The second-order valence-corrected chi connectivity index (χ2v) is 4.89. The SMILES string of the molecule is COc1nc(Cl)nc2c1ncn2C1OC(CO)C(O)C1O. The van der Waals surface area contributed by atoms with E-state index in [4.69, 9.17) is 26.2 Å². The number of imidazole rings is 1. The maximum absolute atomic E-state index is 10.0. The Kier molecular flexibility index (Phi) is 3.68. The van der Waals surface area contributed by atoms with E-state index >= 15 is 0 Å². The Labute approximate surface area is 123 Å². The van der Waals surface area contributed by atoms with Crippen LogP contribution in [0.4, 0.5) is 0 Å². The molecule has 3 rings (SSSR count). The number of nitrogens with zero attached hydrogens (tertiary/aromatic N) is 4. The third kappa shape index (κ3) is 2.23. The van der Waals surface area contributed by atoms with Crippen LogP contribution < -0.4 is 4.74 Å². The number of aliphatic hydroxyl groups is 3. The largest absolute Gasteiger partial charge is 0.479 e. The minimum atomic E-state index is -1.24. The zero-order valence-electron chi connectivity index (χ0n) is 10.9. The van der Waals surface area contributed by atoms with Crippen molar-refractivity contribution in [2.75, 3.05) is 13.7 Å². The highest BCUT2D eigenvalue weighted by atomic mass is 35.5. The van der Waals surface area contributed by atoms with Crippen molar-refractivity contribution in [2.45, 2.75) is 24.5 Å². The molecule has 3 N–H and O–H groups in total. The molecule has 1 saturated heterocycles. The van der Waals surface area contributed by atoms with E-state index in [9.17, 15) is 10.2 Å². The van der Waals surface area contributed by atoms with Gasteiger partial charge in [0, 0.05) is 0 Å². The highest BCUT2D eigenvalue weighted by Crippen LogP contribution is 2.32. The minimum absolute atomic E-state index is 0.0483. The van der Waals surface area contributed by atoms with E-state index in [0.717, 1.165) is 0 Å². The first-order valence-corrected chi connectivity index (χ1v) is 6.51. The molecule has 9 nitrogen and oxygen atoms in total. The standard InChI is InChI=1S/C11H13ClN4O5/c1-20-9-5-8(14-11(12)15-9)16(3-13-5)10-7(19)6(18)4(2-17)21-10/h3-4,6-7,10,17-19H,2H2,1H3. The predicted molar refractivity (Wildman–Crippen MR) is 69.9 cm³/mol. The Bertz CT molecular complexity index is 665. The van der Waals surface area contributed by atoms with E-state index < -0.39 is 31.1 Å². The second kappa shape index (κ2) is 5.35. The molecular formula is C11H13ClN4O5. The van der Waals surface area contributed by atoms with Crippen LogP contribution in [0.3, 0.4) is 0 Å². The van der Waals surface area contributed by atoms with E-state index in [0.29, 0.717) is 11.2 Å². The average Bonchev–Trinajstić information content (AvgIpc) is 3.01. The molecule has 0 spiro atoms. The van der Waals surface area contributed by atoms with E-state index in [-0.39, 0.29) is 11.2 Å². The average molecular weight is 317 g/mol. The summed E-state index contributed by atoms with van der Waals surface area (Å²) in [5.41, 5.74) is 0.640. The molecule has 4 atom stereocenters. The lowest BCUT2D eigenvalue weighted by Crippen LogP contribution is -2.33. The van der Waals surface area contributed by atoms with E-state index in [1.165, 1.54) is 18.0 Å². The van der Waals surface area contributed by atoms with Crippen LogP contribution >= 0.6 is 11.6 Å². The van der Waals surface area contributed by atoms with Crippen LogP contribution in [0.25, 0.3) is 11.2 Å². The van der Waals surface area contributed by atoms with E-state index in [2.05, 4.69) is 15.0 Å². The lowest BCUT2D eigenvalue weighted by molar-refractivity contribution is -0.0511. The number of aromatic nitrogens is 4. The third-order valence-electron chi connectivity index (χ3n) is 3.35. The van der Waals surface area contributed by atoms with Gasteiger partial charge in [0.2, 0.25) is 11.2 Å². The van der Waals surface area contributed by atoms with Gasteiger partial charge < -0.3 is 24.8 Å². The second-order valence-electron chi connectivity index (χ2n) is 4.55. The fraction of sp³-hybridized carbons (Fsp3) is 0.545. The van der Waals surface area contributed by atoms with Crippen molar-refractivity contribution in [1.82, 2.24) is 19.5 Å². The molecule has 114 valence electrons. The number of fused-ring (bicyclic) bond motifs is 1. The lowest BCUT2D eigenvalue weighted by Gasteiger charge is -2.16. The predicted octanol–water partition coefficient (Wildman–Crippen LogP) is -0.900. The number of ether oxygens (including phenoxy) is 2. The lowest BCUT2D eigenvalue weighted by atomic mass is 10.1. The van der Waals surface area contributed by atoms with Gasteiger partial charge in [0.15, 0.2) is 17.4 Å². The maximum atomic E-state index is 10.0. The van der Waals surface area contributed by atoms with Gasteiger partial charge in [-0.25, -0.2) is 4.98 Å². The molecule has 2 aromatic rings. The number of methoxy groups -OCH3 is 1. The number of aliphatic hydroxyl groups excluding tert-OH is 3. The molecule has 4 unspecified atom stereocenters. The molecule has 0 aliphatic carbocycles. The van der Waals surface area contributed by atoms with Gasteiger partial charge >= 0.3 is 0 Å². The van der Waals surface area contributed by atoms with Gasteiger partial charge in [0.05, 0.1) is 20.0 Å². The van der Waals surface area contributed by atoms with E-state index in [1.807, 2.05) is 0 Å². The number of hydrogen-bond donors (Lipinski definition) is 3. The molecular weight excluding hydrogens is 304 g/mol. The van der Waals surface area contributed by atoms with Crippen LogP contribution in [-0.2, 0) is 4.74 Å². The van der Waals surface area contributed by atoms with Crippen LogP contribution in [0.5, 0.6) is 5.88 Å². The normalized spacial score (nSPS) is 29.2. The van der Waals surface area contributed by atoms with Gasteiger partial charge in [-0.3, -0.25) is 4.57 Å². The Morgan fingerprint density at radius 2 is 2.14 bits per heavy atom. The molecule has 2 aromatic heterocycles. The summed E-state index contributed by atoms with van der Waals surface area (Å²) in [6.07, 6.45) is -2.91. The molecule has 1 fully saturated rings. The Hall–Kier alpha value is -1.52. The molecule has 3 heterocycles. The van der Waals surface area contributed by atoms with Crippen molar-refractivity contribution in [2.24, 2.45) is 0 Å². The van der Waals surface area contributed by atoms with Crippen molar-refractivity contribution < 1.29 is 24.8 Å². The van der Waals surface area contributed by atoms with Gasteiger partial charge in [-0.15, -0.1) is 0 Å². The summed E-state index contributed by atoms with van der Waals surface area (Å²) >= 11 is 5.82. The molecule has 21 heavy (non-hydrogen) atoms. The van der Waals surface area contributed by atoms with Gasteiger partial charge in [-0.2, -0.15) is 9.97 Å². The monoisotopic (exact) mass is 316 g/mol. The summed E-state index contributed by atoms with van der Waals surface area (Å²) in [6, 6.07) is 0. The summed E-state index contributed by atoms with van der Waals surface area (Å²) in [4.78, 5) is 12.0. The van der Waals surface area contributed by atoms with Gasteiger partial charge in [0.25, 0.3) is 0 Å². The van der Waals surface area contributed by atoms with Gasteiger partial charge in [0.1, 0.15) is 18.3 Å². The fourth-order valence-electron chi connectivity index (χ4n) is 2.30. The number of halogens is 1. The van der Waals surface area contributed by atoms with Crippen LogP contribution in [0.1, 0.15) is 6.23 Å². The van der Waals surface area contributed by atoms with Crippen molar-refractivity contribution in [1.29, 1.82) is 0 Å². The third-order valence-corrected chi connectivity index (χ3v) is 3.52. The summed E-state index contributed by atoms with van der Waals surface area (Å²) < 4.78 is 11.9. The van der Waals surface area contributed by atoms with Crippen LogP contribution in [-0.4, -0.2) is 66.9 Å². The van der Waals surface area contributed by atoms with Crippen molar-refractivity contribution in [3.05, 3.63) is 11.6 Å². The van der Waals surface area contributed by atoms with Gasteiger partial charge in [-0.1, -0.05) is 0 Å². The first-order valence-electron chi connectivity index (χ1n) is 6.13. The summed E-state index contributed by atoms with van der Waals surface area (Å²) in [6.45, 7) is -0.416. The quantitative estimate of drug-likeness (QED) is 0.623. The minimum Gasteiger partial charge on any atom is -0.479 e. The molecule has 1 aliphatic rings.